The second kappa shape index (κ2) is 13.2. The van der Waals surface area contributed by atoms with E-state index >= 15 is 0 Å². The van der Waals surface area contributed by atoms with E-state index in [4.69, 9.17) is 4.98 Å². The molecule has 0 spiro atoms. The minimum Gasteiger partial charge on any atom is -0.512 e. The van der Waals surface area contributed by atoms with E-state index in [9.17, 15) is 9.90 Å². The van der Waals surface area contributed by atoms with Crippen molar-refractivity contribution in [2.75, 3.05) is 0 Å². The van der Waals surface area contributed by atoms with Crippen LogP contribution in [0, 0.1) is 44.6 Å². The molecule has 0 aliphatic carbocycles. The molecule has 3 nitrogen and oxygen atoms in total. The van der Waals surface area contributed by atoms with E-state index in [0.717, 1.165) is 29.7 Å². The van der Waals surface area contributed by atoms with Gasteiger partial charge in [0.25, 0.3) is 0 Å². The Morgan fingerprint density at radius 2 is 1.48 bits per heavy atom. The van der Waals surface area contributed by atoms with Crippen LogP contribution in [0.5, 0.6) is 0 Å². The Bertz CT molecular complexity index is 1530. The number of aryl methyl sites for hydroxylation is 4. The van der Waals surface area contributed by atoms with Crippen LogP contribution < -0.4 is 0 Å². The zero-order valence-corrected chi connectivity index (χ0v) is 28.1. The molecule has 0 aliphatic rings. The Labute approximate surface area is 254 Å². The Hall–Kier alpha value is -2.81. The Morgan fingerprint density at radius 3 is 2.08 bits per heavy atom. The van der Waals surface area contributed by atoms with E-state index in [2.05, 4.69) is 76.2 Å². The number of rotatable bonds is 6. The van der Waals surface area contributed by atoms with Gasteiger partial charge in [-0.25, -0.2) is 0 Å². The van der Waals surface area contributed by atoms with Gasteiger partial charge in [-0.05, 0) is 71.1 Å². The summed E-state index contributed by atoms with van der Waals surface area (Å²) in [5.74, 6) is 0.195. The van der Waals surface area contributed by atoms with Crippen molar-refractivity contribution < 1.29 is 30.0 Å². The monoisotopic (exact) mass is 715 g/mol. The fourth-order valence-corrected chi connectivity index (χ4v) is 4.37. The first-order valence-corrected chi connectivity index (χ1v) is 14.0. The van der Waals surface area contributed by atoms with Crippen LogP contribution >= 0.6 is 0 Å². The average Bonchev–Trinajstić information content (AvgIpc) is 2.88. The van der Waals surface area contributed by atoms with E-state index in [1.807, 2.05) is 47.7 Å². The summed E-state index contributed by atoms with van der Waals surface area (Å²) >= 11 is 0. The Balaban J connectivity index is 0.000000307. The molecule has 1 radical (unpaired) electrons. The molecular formula is C36H44IrNO2-. The summed E-state index contributed by atoms with van der Waals surface area (Å²) in [5, 5.41) is 14.8. The summed E-state index contributed by atoms with van der Waals surface area (Å²) in [6.45, 7) is 20.2. The van der Waals surface area contributed by atoms with Gasteiger partial charge in [0.15, 0.2) is 5.78 Å². The SMILES string of the molecule is CCC(C)(C)C(=O)/C=C(\O)C(C)(C)CC.Cc1[c-]c(-c2nccc3ccc4cc(C)c(C)cc4c23)cc(C)c1.[Ir]. The number of aromatic nitrogens is 1. The smallest absolute Gasteiger partial charge is 0.164 e. The molecule has 4 heteroatoms. The molecule has 40 heavy (non-hydrogen) atoms. The molecule has 4 aromatic rings. The molecule has 0 saturated heterocycles. The molecule has 0 saturated carbocycles. The van der Waals surface area contributed by atoms with E-state index in [1.165, 1.54) is 44.3 Å². The van der Waals surface area contributed by atoms with E-state index < -0.39 is 0 Å². The zero-order valence-electron chi connectivity index (χ0n) is 25.7. The van der Waals surface area contributed by atoms with Crippen LogP contribution in [0.3, 0.4) is 0 Å². The Kier molecular flexibility index (Phi) is 11.0. The maximum atomic E-state index is 11.8. The zero-order chi connectivity index (χ0) is 29.1. The first-order valence-electron chi connectivity index (χ1n) is 14.0. The van der Waals surface area contributed by atoms with Crippen molar-refractivity contribution in [1.82, 2.24) is 4.98 Å². The third-order valence-electron chi connectivity index (χ3n) is 8.16. The van der Waals surface area contributed by atoms with Gasteiger partial charge in [-0.3, -0.25) is 4.79 Å². The van der Waals surface area contributed by atoms with Crippen molar-refractivity contribution in [2.24, 2.45) is 10.8 Å². The number of benzene rings is 3. The van der Waals surface area contributed by atoms with E-state index in [0.29, 0.717) is 0 Å². The average molecular weight is 715 g/mol. The molecule has 0 aliphatic heterocycles. The van der Waals surface area contributed by atoms with Gasteiger partial charge >= 0.3 is 0 Å². The summed E-state index contributed by atoms with van der Waals surface area (Å²) in [6.07, 6.45) is 4.89. The van der Waals surface area contributed by atoms with Crippen molar-refractivity contribution in [3.05, 3.63) is 88.8 Å². The topological polar surface area (TPSA) is 50.2 Å². The van der Waals surface area contributed by atoms with Gasteiger partial charge in [-0.2, -0.15) is 0 Å². The first-order chi connectivity index (χ1) is 18.2. The van der Waals surface area contributed by atoms with E-state index in [1.54, 1.807) is 0 Å². The maximum Gasteiger partial charge on any atom is 0.164 e. The third-order valence-corrected chi connectivity index (χ3v) is 8.16. The molecular weight excluding hydrogens is 671 g/mol. The molecule has 1 aromatic heterocycles. The van der Waals surface area contributed by atoms with Crippen LogP contribution in [0.4, 0.5) is 0 Å². The van der Waals surface area contributed by atoms with Gasteiger partial charge in [0.1, 0.15) is 5.76 Å². The van der Waals surface area contributed by atoms with Crippen LogP contribution in [0.2, 0.25) is 0 Å². The number of hydrogen-bond acceptors (Lipinski definition) is 3. The molecule has 0 bridgehead atoms. The molecule has 1 N–H and O–H groups in total. The van der Waals surface area contributed by atoms with Crippen molar-refractivity contribution in [3.63, 3.8) is 0 Å². The second-order valence-electron chi connectivity index (χ2n) is 12.1. The predicted octanol–water partition coefficient (Wildman–Crippen LogP) is 9.96. The molecule has 0 fully saturated rings. The van der Waals surface area contributed by atoms with Gasteiger partial charge in [0.05, 0.1) is 0 Å². The van der Waals surface area contributed by atoms with Crippen LogP contribution in [0.1, 0.15) is 76.6 Å². The number of fused-ring (bicyclic) bond motifs is 3. The molecule has 3 aromatic carbocycles. The summed E-state index contributed by atoms with van der Waals surface area (Å²) in [4.78, 5) is 16.6. The Morgan fingerprint density at radius 1 is 0.875 bits per heavy atom. The first kappa shape index (κ1) is 33.4. The van der Waals surface area contributed by atoms with Gasteiger partial charge in [-0.1, -0.05) is 79.7 Å². The summed E-state index contributed by atoms with van der Waals surface area (Å²) in [7, 11) is 0. The number of carbonyl (C=O) groups is 1. The quantitative estimate of drug-likeness (QED) is 0.0937. The predicted molar refractivity (Wildman–Crippen MR) is 166 cm³/mol. The van der Waals surface area contributed by atoms with Crippen LogP contribution in [0.15, 0.2) is 60.5 Å². The maximum absolute atomic E-state index is 11.8. The number of aliphatic hydroxyl groups is 1. The minimum atomic E-state index is -0.377. The van der Waals surface area contributed by atoms with Gasteiger partial charge in [0.2, 0.25) is 0 Å². The molecule has 4 rings (SSSR count). The number of allylic oxidation sites excluding steroid dienone is 2. The summed E-state index contributed by atoms with van der Waals surface area (Å²) < 4.78 is 0. The molecule has 215 valence electrons. The van der Waals surface area contributed by atoms with Crippen molar-refractivity contribution in [3.8, 4) is 11.3 Å². The van der Waals surface area contributed by atoms with Crippen LogP contribution in [-0.4, -0.2) is 15.9 Å². The van der Waals surface area contributed by atoms with Crippen LogP contribution in [0.25, 0.3) is 32.8 Å². The molecule has 0 amide bonds. The normalized spacial score (nSPS) is 12.1. The third kappa shape index (κ3) is 7.47. The fraction of sp³-hybridized carbons (Fsp3) is 0.389. The number of carbonyl (C=O) groups excluding carboxylic acids is 1. The number of nitrogens with zero attached hydrogens (tertiary/aromatic N) is 1. The minimum absolute atomic E-state index is 0. The number of ketones is 1. The van der Waals surface area contributed by atoms with Crippen LogP contribution in [-0.2, 0) is 24.9 Å². The summed E-state index contributed by atoms with van der Waals surface area (Å²) in [5.41, 5.74) is 6.44. The van der Waals surface area contributed by atoms with Crippen molar-refractivity contribution in [1.29, 1.82) is 0 Å². The number of aliphatic hydroxyl groups excluding tert-OH is 1. The standard InChI is InChI=1S/C23H20N.C13H24O2.Ir/c1-14-9-15(2)11-20(10-14)23-22-18(7-8-24-23)5-6-19-12-16(3)17(4)13-21(19)22;1-7-12(3,4)10(14)9-11(15)13(5,6)8-2;/h5-10,12-13H,1-4H3;9,14H,7-8H2,1-6H3;/q-1;;/b;10-9-;. The van der Waals surface area contributed by atoms with Gasteiger partial charge in [0, 0.05) is 43.2 Å². The van der Waals surface area contributed by atoms with Crippen molar-refractivity contribution in [2.45, 2.75) is 82.1 Å². The number of hydrogen-bond donors (Lipinski definition) is 1. The molecule has 0 unspecified atom stereocenters. The number of pyridine rings is 1. The molecule has 1 heterocycles. The summed E-state index contributed by atoms with van der Waals surface area (Å²) in [6, 6.07) is 18.9. The van der Waals surface area contributed by atoms with Gasteiger partial charge in [-0.15, -0.1) is 34.9 Å². The fourth-order valence-electron chi connectivity index (χ4n) is 4.37. The van der Waals surface area contributed by atoms with Crippen molar-refractivity contribution >= 4 is 27.3 Å². The van der Waals surface area contributed by atoms with E-state index in [-0.39, 0.29) is 42.5 Å². The largest absolute Gasteiger partial charge is 0.512 e. The van der Waals surface area contributed by atoms with Gasteiger partial charge < -0.3 is 10.1 Å². The molecule has 0 atom stereocenters. The second-order valence-corrected chi connectivity index (χ2v) is 12.1.